The van der Waals surface area contributed by atoms with Crippen molar-refractivity contribution < 1.29 is 9.59 Å². The van der Waals surface area contributed by atoms with Crippen LogP contribution >= 0.6 is 0 Å². The Morgan fingerprint density at radius 1 is 1.31 bits per heavy atom. The van der Waals surface area contributed by atoms with Gasteiger partial charge in [-0.05, 0) is 50.3 Å². The SMILES string of the molecule is C#CCN(C)C[C@@H]1CCCCN1C(=O)Cc1ccc2c(c1)CCCC2=O. The summed E-state index contributed by atoms with van der Waals surface area (Å²) < 4.78 is 0. The lowest BCUT2D eigenvalue weighted by molar-refractivity contribution is -0.134. The van der Waals surface area contributed by atoms with Crippen molar-refractivity contribution in [2.24, 2.45) is 0 Å². The summed E-state index contributed by atoms with van der Waals surface area (Å²) in [7, 11) is 2.01. The summed E-state index contributed by atoms with van der Waals surface area (Å²) in [5, 5.41) is 0. The van der Waals surface area contributed by atoms with Crippen LogP contribution < -0.4 is 0 Å². The third kappa shape index (κ3) is 4.34. The second kappa shape index (κ2) is 8.51. The summed E-state index contributed by atoms with van der Waals surface area (Å²) >= 11 is 0. The molecule has 26 heavy (non-hydrogen) atoms. The van der Waals surface area contributed by atoms with Crippen molar-refractivity contribution in [3.63, 3.8) is 0 Å². The van der Waals surface area contributed by atoms with Crippen molar-refractivity contribution in [2.45, 2.75) is 51.0 Å². The lowest BCUT2D eigenvalue weighted by Gasteiger charge is -2.37. The lowest BCUT2D eigenvalue weighted by Crippen LogP contribution is -2.49. The van der Waals surface area contributed by atoms with E-state index < -0.39 is 0 Å². The van der Waals surface area contributed by atoms with Gasteiger partial charge in [-0.3, -0.25) is 14.5 Å². The van der Waals surface area contributed by atoms with E-state index in [1.165, 1.54) is 6.42 Å². The number of hydrogen-bond acceptors (Lipinski definition) is 3. The minimum Gasteiger partial charge on any atom is -0.338 e. The number of terminal acetylenes is 1. The van der Waals surface area contributed by atoms with Crippen LogP contribution in [0.5, 0.6) is 0 Å². The number of carbonyl (C=O) groups excluding carboxylic acids is 2. The van der Waals surface area contributed by atoms with Crippen LogP contribution in [0.1, 0.15) is 53.6 Å². The number of piperidine rings is 1. The maximum atomic E-state index is 12.9. The molecule has 0 aromatic heterocycles. The van der Waals surface area contributed by atoms with E-state index in [1.54, 1.807) is 0 Å². The number of rotatable bonds is 5. The minimum absolute atomic E-state index is 0.186. The molecule has 3 rings (SSSR count). The number of amides is 1. The van der Waals surface area contributed by atoms with Crippen molar-refractivity contribution in [2.75, 3.05) is 26.7 Å². The molecule has 2 aliphatic rings. The van der Waals surface area contributed by atoms with Crippen LogP contribution in [0.4, 0.5) is 0 Å². The van der Waals surface area contributed by atoms with Gasteiger partial charge in [0.2, 0.25) is 5.91 Å². The van der Waals surface area contributed by atoms with E-state index in [-0.39, 0.29) is 17.7 Å². The predicted octanol–water partition coefficient (Wildman–Crippen LogP) is 2.69. The second-order valence-corrected chi connectivity index (χ2v) is 7.58. The predicted molar refractivity (Wildman–Crippen MR) is 103 cm³/mol. The first kappa shape index (κ1) is 18.7. The van der Waals surface area contributed by atoms with Gasteiger partial charge in [-0.1, -0.05) is 24.1 Å². The number of aryl methyl sites for hydroxylation is 1. The molecule has 1 atom stereocenters. The molecule has 0 radical (unpaired) electrons. The molecular weight excluding hydrogens is 324 g/mol. The number of benzene rings is 1. The monoisotopic (exact) mass is 352 g/mol. The van der Waals surface area contributed by atoms with Crippen LogP contribution in [0.3, 0.4) is 0 Å². The highest BCUT2D eigenvalue weighted by molar-refractivity contribution is 5.98. The fourth-order valence-electron chi connectivity index (χ4n) is 4.18. The fraction of sp³-hybridized carbons (Fsp3) is 0.545. The molecule has 1 aliphatic carbocycles. The maximum Gasteiger partial charge on any atom is 0.227 e. The van der Waals surface area contributed by atoms with Gasteiger partial charge in [0, 0.05) is 31.1 Å². The zero-order chi connectivity index (χ0) is 18.5. The van der Waals surface area contributed by atoms with E-state index in [0.717, 1.165) is 55.5 Å². The Morgan fingerprint density at radius 3 is 2.96 bits per heavy atom. The summed E-state index contributed by atoms with van der Waals surface area (Å²) in [6.45, 7) is 2.27. The van der Waals surface area contributed by atoms with Gasteiger partial charge in [0.1, 0.15) is 0 Å². The van der Waals surface area contributed by atoms with Gasteiger partial charge in [-0.15, -0.1) is 6.42 Å². The molecule has 1 saturated heterocycles. The van der Waals surface area contributed by atoms with Gasteiger partial charge in [-0.25, -0.2) is 0 Å². The van der Waals surface area contributed by atoms with E-state index in [4.69, 9.17) is 6.42 Å². The first-order chi connectivity index (χ1) is 12.6. The van der Waals surface area contributed by atoms with E-state index in [9.17, 15) is 9.59 Å². The third-order valence-electron chi connectivity index (χ3n) is 5.51. The molecule has 1 aromatic carbocycles. The van der Waals surface area contributed by atoms with Crippen LogP contribution in [0.25, 0.3) is 0 Å². The molecule has 4 nitrogen and oxygen atoms in total. The summed E-state index contributed by atoms with van der Waals surface area (Å²) in [6, 6.07) is 6.17. The number of fused-ring (bicyclic) bond motifs is 1. The Kier molecular flexibility index (Phi) is 6.11. The summed E-state index contributed by atoms with van der Waals surface area (Å²) in [5.41, 5.74) is 2.97. The quantitative estimate of drug-likeness (QED) is 0.765. The fourth-order valence-corrected chi connectivity index (χ4v) is 4.18. The van der Waals surface area contributed by atoms with E-state index >= 15 is 0 Å². The third-order valence-corrected chi connectivity index (χ3v) is 5.51. The Bertz CT molecular complexity index is 719. The highest BCUT2D eigenvalue weighted by Gasteiger charge is 2.27. The molecule has 0 bridgehead atoms. The highest BCUT2D eigenvalue weighted by atomic mass is 16.2. The average Bonchev–Trinajstić information content (AvgIpc) is 2.62. The van der Waals surface area contributed by atoms with Crippen LogP contribution in [-0.2, 0) is 17.6 Å². The number of ketones is 1. The number of Topliss-reactive ketones (excluding diaryl/α,β-unsaturated/α-hetero) is 1. The minimum atomic E-state index is 0.186. The molecule has 1 aromatic rings. The van der Waals surface area contributed by atoms with Crippen LogP contribution in [0.2, 0.25) is 0 Å². The highest BCUT2D eigenvalue weighted by Crippen LogP contribution is 2.24. The van der Waals surface area contributed by atoms with Crippen molar-refractivity contribution >= 4 is 11.7 Å². The average molecular weight is 352 g/mol. The zero-order valence-electron chi connectivity index (χ0n) is 15.7. The van der Waals surface area contributed by atoms with Crippen LogP contribution in [-0.4, -0.2) is 54.2 Å². The van der Waals surface area contributed by atoms with E-state index in [1.807, 2.05) is 24.1 Å². The van der Waals surface area contributed by atoms with E-state index in [0.29, 0.717) is 19.4 Å². The van der Waals surface area contributed by atoms with Gasteiger partial charge in [0.05, 0.1) is 13.0 Å². The number of likely N-dealkylation sites (tertiary alicyclic amines) is 1. The second-order valence-electron chi connectivity index (χ2n) is 7.58. The van der Waals surface area contributed by atoms with Crippen molar-refractivity contribution in [3.05, 3.63) is 34.9 Å². The Morgan fingerprint density at radius 2 is 2.15 bits per heavy atom. The maximum absolute atomic E-state index is 12.9. The molecule has 1 heterocycles. The largest absolute Gasteiger partial charge is 0.338 e. The molecule has 1 fully saturated rings. The van der Waals surface area contributed by atoms with Gasteiger partial charge >= 0.3 is 0 Å². The molecule has 4 heteroatoms. The van der Waals surface area contributed by atoms with Crippen LogP contribution in [0.15, 0.2) is 18.2 Å². The first-order valence-corrected chi connectivity index (χ1v) is 9.65. The van der Waals surface area contributed by atoms with E-state index in [2.05, 4.69) is 16.9 Å². The number of likely N-dealkylation sites (N-methyl/N-ethyl adjacent to an activating group) is 1. The first-order valence-electron chi connectivity index (χ1n) is 9.65. The lowest BCUT2D eigenvalue weighted by atomic mass is 9.89. The summed E-state index contributed by atoms with van der Waals surface area (Å²) in [5.74, 6) is 3.09. The van der Waals surface area contributed by atoms with Crippen LogP contribution in [0, 0.1) is 12.3 Å². The standard InChI is InChI=1S/C22H28N2O2/c1-3-12-23(2)16-19-8-4-5-13-24(19)22(26)15-17-10-11-20-18(14-17)7-6-9-21(20)25/h1,10-11,14,19H,4-9,12-13,15-16H2,2H3/t19-/m0/s1. The van der Waals surface area contributed by atoms with Gasteiger partial charge in [0.25, 0.3) is 0 Å². The normalized spacial score (nSPS) is 20.0. The molecule has 1 amide bonds. The number of nitrogens with zero attached hydrogens (tertiary/aromatic N) is 2. The molecule has 0 unspecified atom stereocenters. The molecule has 0 N–H and O–H groups in total. The number of carbonyl (C=O) groups is 2. The number of hydrogen-bond donors (Lipinski definition) is 0. The molecule has 1 aliphatic heterocycles. The Balaban J connectivity index is 1.68. The zero-order valence-corrected chi connectivity index (χ0v) is 15.7. The molecular formula is C22H28N2O2. The Hall–Kier alpha value is -2.12. The van der Waals surface area contributed by atoms with Crippen molar-refractivity contribution in [1.29, 1.82) is 0 Å². The molecule has 138 valence electrons. The van der Waals surface area contributed by atoms with Gasteiger partial charge in [-0.2, -0.15) is 0 Å². The molecule has 0 spiro atoms. The summed E-state index contributed by atoms with van der Waals surface area (Å²) in [4.78, 5) is 29.1. The van der Waals surface area contributed by atoms with Crippen molar-refractivity contribution in [3.8, 4) is 12.3 Å². The Labute approximate surface area is 156 Å². The van der Waals surface area contributed by atoms with Gasteiger partial charge < -0.3 is 4.90 Å². The summed E-state index contributed by atoms with van der Waals surface area (Å²) in [6.07, 6.45) is 11.6. The topological polar surface area (TPSA) is 40.6 Å². The van der Waals surface area contributed by atoms with Gasteiger partial charge in [0.15, 0.2) is 5.78 Å². The smallest absolute Gasteiger partial charge is 0.227 e. The van der Waals surface area contributed by atoms with Crippen molar-refractivity contribution in [1.82, 2.24) is 9.80 Å². The molecule has 0 saturated carbocycles.